The Hall–Kier alpha value is -3.24. The minimum Gasteiger partial charge on any atom is -0.611 e. The zero-order valence-corrected chi connectivity index (χ0v) is 21.4. The van der Waals surface area contributed by atoms with E-state index in [1.807, 2.05) is 24.0 Å². The average molecular weight is 532 g/mol. The first-order chi connectivity index (χ1) is 17.7. The van der Waals surface area contributed by atoms with Crippen molar-refractivity contribution in [3.05, 3.63) is 83.0 Å². The Morgan fingerprint density at radius 2 is 1.89 bits per heavy atom. The van der Waals surface area contributed by atoms with Crippen molar-refractivity contribution in [1.29, 1.82) is 0 Å². The summed E-state index contributed by atoms with van der Waals surface area (Å²) in [6.45, 7) is 3.42. The number of pyridine rings is 1. The molecule has 0 bridgehead atoms. The Balaban J connectivity index is 1.39. The number of anilines is 1. The highest BCUT2D eigenvalue weighted by Crippen LogP contribution is 2.36. The van der Waals surface area contributed by atoms with E-state index >= 15 is 0 Å². The quantitative estimate of drug-likeness (QED) is 0.407. The Morgan fingerprint density at radius 1 is 1.19 bits per heavy atom. The number of nitrogens with one attached hydrogen (secondary N) is 1. The zero-order chi connectivity index (χ0) is 26.6. The van der Waals surface area contributed by atoms with E-state index in [1.54, 1.807) is 18.2 Å². The van der Waals surface area contributed by atoms with Gasteiger partial charge >= 0.3 is 6.18 Å². The molecule has 2 unspecified atom stereocenters. The Bertz CT molecular complexity index is 1220. The van der Waals surface area contributed by atoms with Crippen LogP contribution in [0.5, 0.6) is 5.75 Å². The van der Waals surface area contributed by atoms with Crippen LogP contribution in [0.15, 0.2) is 65.7 Å². The Morgan fingerprint density at radius 3 is 2.51 bits per heavy atom. The van der Waals surface area contributed by atoms with E-state index in [9.17, 15) is 22.5 Å². The third-order valence-electron chi connectivity index (χ3n) is 6.41. The molecule has 2 atom stereocenters. The highest BCUT2D eigenvalue weighted by atomic mass is 32.2. The van der Waals surface area contributed by atoms with Crippen LogP contribution in [0.1, 0.15) is 46.3 Å². The molecule has 0 saturated carbocycles. The minimum atomic E-state index is -4.35. The molecule has 1 aromatic heterocycles. The summed E-state index contributed by atoms with van der Waals surface area (Å²) < 4.78 is 56.0. The summed E-state index contributed by atoms with van der Waals surface area (Å²) in [4.78, 5) is 20.0. The number of benzene rings is 2. The van der Waals surface area contributed by atoms with Gasteiger partial charge in [-0.05, 0) is 66.0 Å². The third-order valence-corrected chi connectivity index (χ3v) is 7.74. The SMILES string of the molecule is CC[S+]([O-])c1ccc(CNC(=O)c2cnc(N3CCC(c4ccc(C(F)(F)F)cc4)C3)c(OC)c2)cc1. The fraction of sp³-hybridized carbons (Fsp3) is 0.333. The molecule has 1 aliphatic rings. The average Bonchev–Trinajstić information content (AvgIpc) is 3.41. The smallest absolute Gasteiger partial charge is 0.416 e. The fourth-order valence-corrected chi connectivity index (χ4v) is 5.10. The van der Waals surface area contributed by atoms with Crippen molar-refractivity contribution in [1.82, 2.24) is 10.3 Å². The molecule has 196 valence electrons. The van der Waals surface area contributed by atoms with Crippen molar-refractivity contribution < 1.29 is 27.3 Å². The lowest BCUT2D eigenvalue weighted by Crippen LogP contribution is -2.24. The lowest BCUT2D eigenvalue weighted by molar-refractivity contribution is -0.137. The van der Waals surface area contributed by atoms with Crippen LogP contribution < -0.4 is 15.0 Å². The minimum absolute atomic E-state index is 0.0675. The van der Waals surface area contributed by atoms with Gasteiger partial charge < -0.3 is 19.5 Å². The molecule has 0 radical (unpaired) electrons. The van der Waals surface area contributed by atoms with E-state index in [1.165, 1.54) is 25.4 Å². The van der Waals surface area contributed by atoms with Crippen molar-refractivity contribution in [2.75, 3.05) is 30.9 Å². The first-order valence-electron chi connectivity index (χ1n) is 11.9. The lowest BCUT2D eigenvalue weighted by Gasteiger charge is -2.21. The second kappa shape index (κ2) is 11.4. The van der Waals surface area contributed by atoms with Crippen LogP contribution in [-0.4, -0.2) is 41.4 Å². The number of hydrogen-bond acceptors (Lipinski definition) is 5. The Labute approximate surface area is 217 Å². The van der Waals surface area contributed by atoms with E-state index < -0.39 is 22.9 Å². The first kappa shape index (κ1) is 26.8. The van der Waals surface area contributed by atoms with Gasteiger partial charge in [0.1, 0.15) is 5.75 Å². The van der Waals surface area contributed by atoms with Crippen LogP contribution in [0, 0.1) is 0 Å². The maximum absolute atomic E-state index is 12.9. The van der Waals surface area contributed by atoms with E-state index in [-0.39, 0.29) is 11.8 Å². The molecule has 37 heavy (non-hydrogen) atoms. The van der Waals surface area contributed by atoms with Crippen molar-refractivity contribution >= 4 is 22.9 Å². The molecule has 0 spiro atoms. The largest absolute Gasteiger partial charge is 0.611 e. The number of hydrogen-bond donors (Lipinski definition) is 1. The zero-order valence-electron chi connectivity index (χ0n) is 20.5. The van der Waals surface area contributed by atoms with Crippen LogP contribution in [-0.2, 0) is 23.9 Å². The van der Waals surface area contributed by atoms with Crippen LogP contribution >= 0.6 is 0 Å². The molecule has 10 heteroatoms. The summed E-state index contributed by atoms with van der Waals surface area (Å²) in [6.07, 6.45) is -2.10. The van der Waals surface area contributed by atoms with E-state index in [0.29, 0.717) is 42.5 Å². The second-order valence-corrected chi connectivity index (χ2v) is 10.5. The Kier molecular flexibility index (Phi) is 8.29. The van der Waals surface area contributed by atoms with Crippen LogP contribution in [0.3, 0.4) is 0 Å². The maximum atomic E-state index is 12.9. The van der Waals surface area contributed by atoms with Gasteiger partial charge in [0.15, 0.2) is 16.5 Å². The molecule has 3 aromatic rings. The third kappa shape index (κ3) is 6.37. The monoisotopic (exact) mass is 531 g/mol. The molecular weight excluding hydrogens is 503 g/mol. The topological polar surface area (TPSA) is 77.5 Å². The molecular formula is C27H28F3N3O3S. The van der Waals surface area contributed by atoms with Crippen molar-refractivity contribution in [3.8, 4) is 5.75 Å². The van der Waals surface area contributed by atoms with Gasteiger partial charge in [0, 0.05) is 31.7 Å². The van der Waals surface area contributed by atoms with Gasteiger partial charge in [0.25, 0.3) is 5.91 Å². The summed E-state index contributed by atoms with van der Waals surface area (Å²) in [6, 6.07) is 14.2. The lowest BCUT2D eigenvalue weighted by atomic mass is 9.97. The van der Waals surface area contributed by atoms with E-state index in [2.05, 4.69) is 10.3 Å². The van der Waals surface area contributed by atoms with Crippen molar-refractivity contribution in [2.24, 2.45) is 0 Å². The fourth-order valence-electron chi connectivity index (χ4n) is 4.33. The molecule has 2 heterocycles. The summed E-state index contributed by atoms with van der Waals surface area (Å²) in [7, 11) is 1.51. The molecule has 1 aliphatic heterocycles. The number of ether oxygens (including phenoxy) is 1. The number of alkyl halides is 3. The van der Waals surface area contributed by atoms with Gasteiger partial charge in [0.2, 0.25) is 0 Å². The molecule has 1 fully saturated rings. The highest BCUT2D eigenvalue weighted by molar-refractivity contribution is 7.91. The van der Waals surface area contributed by atoms with Crippen molar-refractivity contribution in [2.45, 2.75) is 36.9 Å². The van der Waals surface area contributed by atoms with E-state index in [0.717, 1.165) is 34.6 Å². The summed E-state index contributed by atoms with van der Waals surface area (Å²) in [5.74, 6) is 1.36. The van der Waals surface area contributed by atoms with Crippen molar-refractivity contribution in [3.63, 3.8) is 0 Å². The highest BCUT2D eigenvalue weighted by Gasteiger charge is 2.31. The van der Waals surface area contributed by atoms with Gasteiger partial charge in [-0.2, -0.15) is 13.2 Å². The molecule has 1 amide bonds. The second-order valence-electron chi connectivity index (χ2n) is 8.76. The van der Waals surface area contributed by atoms with E-state index in [4.69, 9.17) is 4.74 Å². The standard InChI is InChI=1S/C27H28F3N3O3S/c1-3-37(35)23-10-4-18(5-11-23)15-32-26(34)21-14-24(36-2)25(31-16-21)33-13-12-20(17-33)19-6-8-22(9-7-19)27(28,29)30/h4-11,14,16,20H,3,12-13,15,17H2,1-2H3,(H,32,34). The number of aromatic nitrogens is 1. The normalized spacial score (nSPS) is 16.5. The molecule has 2 aromatic carbocycles. The maximum Gasteiger partial charge on any atom is 0.416 e. The molecule has 1 saturated heterocycles. The van der Waals surface area contributed by atoms with Gasteiger partial charge in [0.05, 0.1) is 18.2 Å². The van der Waals surface area contributed by atoms with Crippen LogP contribution in [0.2, 0.25) is 0 Å². The summed E-state index contributed by atoms with van der Waals surface area (Å²) in [5, 5.41) is 2.86. The van der Waals surface area contributed by atoms with Crippen LogP contribution in [0.4, 0.5) is 19.0 Å². The predicted molar refractivity (Wildman–Crippen MR) is 136 cm³/mol. The molecule has 4 rings (SSSR count). The summed E-state index contributed by atoms with van der Waals surface area (Å²) in [5.41, 5.74) is 1.42. The molecule has 1 N–H and O–H groups in total. The van der Waals surface area contributed by atoms with Gasteiger partial charge in [-0.25, -0.2) is 4.98 Å². The van der Waals surface area contributed by atoms with Crippen LogP contribution in [0.25, 0.3) is 0 Å². The number of halogens is 3. The predicted octanol–water partition coefficient (Wildman–Crippen LogP) is 5.16. The number of amides is 1. The van der Waals surface area contributed by atoms with Gasteiger partial charge in [-0.1, -0.05) is 24.3 Å². The number of nitrogens with zero attached hydrogens (tertiary/aromatic N) is 2. The summed E-state index contributed by atoms with van der Waals surface area (Å²) >= 11 is -1.02. The number of carbonyl (C=O) groups is 1. The van der Waals surface area contributed by atoms with Gasteiger partial charge in [-0.15, -0.1) is 0 Å². The number of carbonyl (C=O) groups excluding carboxylic acids is 1. The van der Waals surface area contributed by atoms with Gasteiger partial charge in [-0.3, -0.25) is 4.79 Å². The first-order valence-corrected chi connectivity index (χ1v) is 13.2. The molecule has 0 aliphatic carbocycles. The number of methoxy groups -OCH3 is 1. The number of rotatable bonds is 8. The molecule has 6 nitrogen and oxygen atoms in total.